The number of halogens is 3. The van der Waals surface area contributed by atoms with Crippen molar-refractivity contribution in [3.63, 3.8) is 0 Å². The van der Waals surface area contributed by atoms with Crippen LogP contribution in [-0.4, -0.2) is 67.7 Å². The van der Waals surface area contributed by atoms with Gasteiger partial charge in [-0.3, -0.25) is 0 Å². The average molecular weight is 551 g/mol. The molecule has 8 nitrogen and oxygen atoms in total. The molecule has 204 valence electrons. The summed E-state index contributed by atoms with van der Waals surface area (Å²) in [6.45, 7) is 9.10. The minimum absolute atomic E-state index is 0.0764. The summed E-state index contributed by atoms with van der Waals surface area (Å²) in [5.41, 5.74) is 0.473. The third kappa shape index (κ3) is 4.59. The number of fused-ring (bicyclic) bond motifs is 1. The van der Waals surface area contributed by atoms with Crippen molar-refractivity contribution in [2.75, 3.05) is 24.6 Å². The van der Waals surface area contributed by atoms with Crippen LogP contribution in [0.1, 0.15) is 33.3 Å². The standard InChI is InChI=1S/C25H29BF3N3O5S/c1-16-6-8-18(9-7-16)38(33,34)32-14-20(26-36-23(2,3)24(4,5)37-26)19-12-17(13-30-22(19)32)31-10-11-35-21(15-31)25(27,28)29/h6-9,12-14,21H,10-11,15H2,1-5H3. The van der Waals surface area contributed by atoms with Crippen LogP contribution in [0.25, 0.3) is 11.0 Å². The SMILES string of the molecule is Cc1ccc(S(=O)(=O)n2cc(B3OC(C)(C)C(C)(C)O3)c3cc(N4CCOC(C(F)(F)F)C4)cnc32)cc1. The van der Waals surface area contributed by atoms with Crippen LogP contribution in [0.2, 0.25) is 0 Å². The molecule has 2 fully saturated rings. The van der Waals surface area contributed by atoms with E-state index in [4.69, 9.17) is 14.0 Å². The van der Waals surface area contributed by atoms with Gasteiger partial charge in [0.15, 0.2) is 11.8 Å². The molecule has 0 spiro atoms. The van der Waals surface area contributed by atoms with Crippen LogP contribution >= 0.6 is 0 Å². The van der Waals surface area contributed by atoms with Crippen molar-refractivity contribution in [2.24, 2.45) is 0 Å². The first-order valence-corrected chi connectivity index (χ1v) is 13.7. The Morgan fingerprint density at radius 3 is 2.32 bits per heavy atom. The molecule has 2 aromatic heterocycles. The van der Waals surface area contributed by atoms with Crippen LogP contribution in [0.3, 0.4) is 0 Å². The van der Waals surface area contributed by atoms with Crippen LogP contribution in [-0.2, 0) is 24.1 Å². The number of aromatic nitrogens is 2. The molecule has 0 amide bonds. The summed E-state index contributed by atoms with van der Waals surface area (Å²) >= 11 is 0. The van der Waals surface area contributed by atoms with Gasteiger partial charge in [0, 0.05) is 23.6 Å². The van der Waals surface area contributed by atoms with Gasteiger partial charge in [-0.2, -0.15) is 13.2 Å². The zero-order valence-electron chi connectivity index (χ0n) is 21.7. The van der Waals surface area contributed by atoms with E-state index in [2.05, 4.69) is 4.98 Å². The summed E-state index contributed by atoms with van der Waals surface area (Å²) in [6, 6.07) is 8.08. The number of aryl methyl sites for hydroxylation is 1. The summed E-state index contributed by atoms with van der Waals surface area (Å²) < 4.78 is 85.8. The molecule has 2 aliphatic rings. The van der Waals surface area contributed by atoms with E-state index in [1.807, 2.05) is 34.6 Å². The third-order valence-corrected chi connectivity index (χ3v) is 9.17. The van der Waals surface area contributed by atoms with Crippen LogP contribution in [0.4, 0.5) is 18.9 Å². The number of hydrogen-bond donors (Lipinski definition) is 0. The van der Waals surface area contributed by atoms with E-state index in [0.717, 1.165) is 9.54 Å². The minimum atomic E-state index is -4.50. The molecule has 0 radical (unpaired) electrons. The van der Waals surface area contributed by atoms with Gasteiger partial charge in [-0.1, -0.05) is 17.7 Å². The number of anilines is 1. The molecule has 1 aromatic carbocycles. The molecule has 1 unspecified atom stereocenters. The normalized spacial score (nSPS) is 21.8. The number of morpholine rings is 1. The summed E-state index contributed by atoms with van der Waals surface area (Å²) in [4.78, 5) is 6.04. The first-order valence-electron chi connectivity index (χ1n) is 12.2. The molecule has 0 N–H and O–H groups in total. The highest BCUT2D eigenvalue weighted by Crippen LogP contribution is 2.38. The lowest BCUT2D eigenvalue weighted by Gasteiger charge is -2.35. The smallest absolute Gasteiger partial charge is 0.399 e. The van der Waals surface area contributed by atoms with Crippen molar-refractivity contribution in [2.45, 2.75) is 63.0 Å². The Morgan fingerprint density at radius 1 is 1.08 bits per heavy atom. The van der Waals surface area contributed by atoms with Crippen molar-refractivity contribution < 1.29 is 35.6 Å². The maximum atomic E-state index is 13.7. The van der Waals surface area contributed by atoms with Gasteiger partial charge in [0.2, 0.25) is 0 Å². The quantitative estimate of drug-likeness (QED) is 0.458. The molecule has 4 heterocycles. The molecular formula is C25H29BF3N3O5S. The highest BCUT2D eigenvalue weighted by molar-refractivity contribution is 7.90. The fraction of sp³-hybridized carbons (Fsp3) is 0.480. The lowest BCUT2D eigenvalue weighted by Crippen LogP contribution is -2.49. The summed E-state index contributed by atoms with van der Waals surface area (Å²) in [7, 11) is -4.97. The number of nitrogens with zero attached hydrogens (tertiary/aromatic N) is 3. The van der Waals surface area contributed by atoms with E-state index in [9.17, 15) is 21.6 Å². The van der Waals surface area contributed by atoms with Gasteiger partial charge in [0.05, 0.1) is 41.1 Å². The van der Waals surface area contributed by atoms with Crippen LogP contribution < -0.4 is 10.4 Å². The number of pyridine rings is 1. The second-order valence-corrected chi connectivity index (χ2v) is 12.5. The molecule has 5 rings (SSSR count). The zero-order chi connectivity index (χ0) is 27.7. The maximum absolute atomic E-state index is 13.7. The van der Waals surface area contributed by atoms with E-state index in [0.29, 0.717) is 16.5 Å². The molecule has 38 heavy (non-hydrogen) atoms. The maximum Gasteiger partial charge on any atom is 0.497 e. The zero-order valence-corrected chi connectivity index (χ0v) is 22.6. The molecule has 13 heteroatoms. The first kappa shape index (κ1) is 27.0. The largest absolute Gasteiger partial charge is 0.497 e. The fourth-order valence-electron chi connectivity index (χ4n) is 4.51. The van der Waals surface area contributed by atoms with E-state index in [1.54, 1.807) is 18.2 Å². The number of benzene rings is 1. The van der Waals surface area contributed by atoms with Crippen LogP contribution in [0.5, 0.6) is 0 Å². The Hall–Kier alpha value is -2.61. The van der Waals surface area contributed by atoms with Gasteiger partial charge in [-0.05, 0) is 52.8 Å². The van der Waals surface area contributed by atoms with Gasteiger partial charge in [0.1, 0.15) is 0 Å². The molecule has 0 bridgehead atoms. The van der Waals surface area contributed by atoms with Crippen LogP contribution in [0.15, 0.2) is 47.6 Å². The first-order chi connectivity index (χ1) is 17.6. The van der Waals surface area contributed by atoms with Crippen molar-refractivity contribution in [3.8, 4) is 0 Å². The number of alkyl halides is 3. The molecule has 0 aliphatic carbocycles. The molecule has 0 saturated carbocycles. The minimum Gasteiger partial charge on any atom is -0.399 e. The van der Waals surface area contributed by atoms with E-state index < -0.39 is 47.2 Å². The van der Waals surface area contributed by atoms with E-state index in [1.165, 1.54) is 29.4 Å². The average Bonchev–Trinajstić information content (AvgIpc) is 3.32. The van der Waals surface area contributed by atoms with Crippen molar-refractivity contribution in [3.05, 3.63) is 48.3 Å². The molecular weight excluding hydrogens is 522 g/mol. The summed E-state index contributed by atoms with van der Waals surface area (Å²) in [5, 5.41) is 0.409. The second kappa shape index (κ2) is 8.97. The van der Waals surface area contributed by atoms with E-state index >= 15 is 0 Å². The Bertz CT molecular complexity index is 1460. The van der Waals surface area contributed by atoms with Crippen LogP contribution in [0, 0.1) is 6.92 Å². The lowest BCUT2D eigenvalue weighted by atomic mass is 9.79. The summed E-state index contributed by atoms with van der Waals surface area (Å²) in [5.74, 6) is 0. The molecule has 3 aromatic rings. The van der Waals surface area contributed by atoms with Gasteiger partial charge >= 0.3 is 13.3 Å². The number of rotatable bonds is 4. The van der Waals surface area contributed by atoms with Gasteiger partial charge < -0.3 is 18.9 Å². The Kier molecular flexibility index (Phi) is 6.37. The number of hydrogen-bond acceptors (Lipinski definition) is 7. The second-order valence-electron chi connectivity index (χ2n) is 10.7. The lowest BCUT2D eigenvalue weighted by molar-refractivity contribution is -0.221. The molecule has 2 saturated heterocycles. The van der Waals surface area contributed by atoms with Crippen molar-refractivity contribution >= 4 is 39.3 Å². The fourth-order valence-corrected chi connectivity index (χ4v) is 5.84. The van der Waals surface area contributed by atoms with Gasteiger partial charge in [-0.15, -0.1) is 0 Å². The monoisotopic (exact) mass is 551 g/mol. The topological polar surface area (TPSA) is 82.9 Å². The van der Waals surface area contributed by atoms with Crippen molar-refractivity contribution in [1.29, 1.82) is 0 Å². The summed E-state index contributed by atoms with van der Waals surface area (Å²) in [6.07, 6.45) is -3.62. The highest BCUT2D eigenvalue weighted by atomic mass is 32.2. The molecule has 1 atom stereocenters. The van der Waals surface area contributed by atoms with Gasteiger partial charge in [0.25, 0.3) is 10.0 Å². The Morgan fingerprint density at radius 2 is 1.71 bits per heavy atom. The van der Waals surface area contributed by atoms with Gasteiger partial charge in [-0.25, -0.2) is 17.4 Å². The highest BCUT2D eigenvalue weighted by Gasteiger charge is 2.53. The Labute approximate surface area is 219 Å². The number of ether oxygens (including phenoxy) is 1. The Balaban J connectivity index is 1.64. The third-order valence-electron chi connectivity index (χ3n) is 7.51. The van der Waals surface area contributed by atoms with E-state index in [-0.39, 0.29) is 23.7 Å². The molecule has 2 aliphatic heterocycles. The van der Waals surface area contributed by atoms with Crippen molar-refractivity contribution in [1.82, 2.24) is 8.96 Å². The predicted molar refractivity (Wildman–Crippen MR) is 137 cm³/mol. The predicted octanol–water partition coefficient (Wildman–Crippen LogP) is 3.65.